The van der Waals surface area contributed by atoms with E-state index in [2.05, 4.69) is 12.2 Å². The summed E-state index contributed by atoms with van der Waals surface area (Å²) < 4.78 is 0. The standard InChI is InChI=1S/C10H18N2O/c1-6(12-10(11)13)9-5-7-2-3-8(9)4-7/h6-9H,2-5H2,1H3,(H3,11,12,13)/t6-,7+,8+,9+/m0/s1. The molecule has 0 aromatic carbocycles. The molecule has 0 aliphatic heterocycles. The Morgan fingerprint density at radius 3 is 2.69 bits per heavy atom. The maximum Gasteiger partial charge on any atom is 0.312 e. The van der Waals surface area contributed by atoms with Gasteiger partial charge in [-0.2, -0.15) is 0 Å². The third-order valence-corrected chi connectivity index (χ3v) is 3.80. The van der Waals surface area contributed by atoms with Crippen molar-refractivity contribution in [2.24, 2.45) is 23.5 Å². The lowest BCUT2D eigenvalue weighted by Gasteiger charge is -2.27. The minimum Gasteiger partial charge on any atom is -0.352 e. The van der Waals surface area contributed by atoms with Crippen molar-refractivity contribution >= 4 is 6.03 Å². The molecule has 4 atom stereocenters. The van der Waals surface area contributed by atoms with E-state index in [1.807, 2.05) is 0 Å². The van der Waals surface area contributed by atoms with Gasteiger partial charge in [0.2, 0.25) is 0 Å². The van der Waals surface area contributed by atoms with E-state index in [1.165, 1.54) is 25.7 Å². The average Bonchev–Trinajstić information content (AvgIpc) is 2.62. The van der Waals surface area contributed by atoms with Gasteiger partial charge in [0.25, 0.3) is 0 Å². The molecule has 0 heterocycles. The van der Waals surface area contributed by atoms with Gasteiger partial charge < -0.3 is 11.1 Å². The number of carbonyl (C=O) groups excluding carboxylic acids is 1. The molecule has 0 unspecified atom stereocenters. The molecule has 2 amide bonds. The Morgan fingerprint density at radius 1 is 1.46 bits per heavy atom. The number of amides is 2. The minimum absolute atomic E-state index is 0.271. The van der Waals surface area contributed by atoms with Crippen LogP contribution in [-0.4, -0.2) is 12.1 Å². The normalized spacial score (nSPS) is 39.0. The van der Waals surface area contributed by atoms with Gasteiger partial charge in [0.15, 0.2) is 0 Å². The van der Waals surface area contributed by atoms with Crippen molar-refractivity contribution in [2.75, 3.05) is 0 Å². The quantitative estimate of drug-likeness (QED) is 0.667. The fraction of sp³-hybridized carbons (Fsp3) is 0.900. The first-order valence-corrected chi connectivity index (χ1v) is 5.22. The molecule has 3 heteroatoms. The zero-order valence-electron chi connectivity index (χ0n) is 8.12. The highest BCUT2D eigenvalue weighted by Crippen LogP contribution is 2.49. The van der Waals surface area contributed by atoms with Crippen LogP contribution in [0.5, 0.6) is 0 Å². The predicted molar refractivity (Wildman–Crippen MR) is 51.1 cm³/mol. The van der Waals surface area contributed by atoms with Crippen molar-refractivity contribution < 1.29 is 4.79 Å². The number of nitrogens with two attached hydrogens (primary N) is 1. The van der Waals surface area contributed by atoms with Crippen LogP contribution in [0.2, 0.25) is 0 Å². The first kappa shape index (κ1) is 8.85. The summed E-state index contributed by atoms with van der Waals surface area (Å²) >= 11 is 0. The van der Waals surface area contributed by atoms with Gasteiger partial charge in [0.05, 0.1) is 0 Å². The molecule has 2 bridgehead atoms. The van der Waals surface area contributed by atoms with Crippen molar-refractivity contribution in [2.45, 2.75) is 38.6 Å². The summed E-state index contributed by atoms with van der Waals surface area (Å²) in [5.74, 6) is 2.48. The van der Waals surface area contributed by atoms with Crippen LogP contribution in [-0.2, 0) is 0 Å². The summed E-state index contributed by atoms with van der Waals surface area (Å²) in [6.07, 6.45) is 5.45. The number of nitrogens with one attached hydrogen (secondary N) is 1. The van der Waals surface area contributed by atoms with Crippen LogP contribution in [0, 0.1) is 17.8 Å². The van der Waals surface area contributed by atoms with Crippen molar-refractivity contribution in [1.82, 2.24) is 5.32 Å². The Balaban J connectivity index is 1.91. The second-order valence-corrected chi connectivity index (χ2v) is 4.64. The molecule has 2 aliphatic carbocycles. The predicted octanol–water partition coefficient (Wildman–Crippen LogP) is 1.48. The molecule has 74 valence electrons. The summed E-state index contributed by atoms with van der Waals surface area (Å²) in [4.78, 5) is 10.7. The molecular formula is C10H18N2O. The van der Waals surface area contributed by atoms with Gasteiger partial charge in [-0.3, -0.25) is 0 Å². The van der Waals surface area contributed by atoms with Crippen molar-refractivity contribution in [3.05, 3.63) is 0 Å². The molecule has 0 saturated heterocycles. The van der Waals surface area contributed by atoms with Gasteiger partial charge in [-0.05, 0) is 43.9 Å². The van der Waals surface area contributed by atoms with E-state index in [4.69, 9.17) is 5.73 Å². The van der Waals surface area contributed by atoms with E-state index in [9.17, 15) is 4.79 Å². The van der Waals surface area contributed by atoms with Crippen LogP contribution in [0.3, 0.4) is 0 Å². The fourth-order valence-electron chi connectivity index (χ4n) is 3.24. The van der Waals surface area contributed by atoms with Crippen LogP contribution < -0.4 is 11.1 Å². The van der Waals surface area contributed by atoms with Crippen molar-refractivity contribution in [3.8, 4) is 0 Å². The minimum atomic E-state index is -0.379. The van der Waals surface area contributed by atoms with E-state index < -0.39 is 0 Å². The van der Waals surface area contributed by atoms with E-state index >= 15 is 0 Å². The largest absolute Gasteiger partial charge is 0.352 e. The number of urea groups is 1. The summed E-state index contributed by atoms with van der Waals surface area (Å²) in [5.41, 5.74) is 5.11. The smallest absolute Gasteiger partial charge is 0.312 e. The molecular weight excluding hydrogens is 164 g/mol. The van der Waals surface area contributed by atoms with Crippen molar-refractivity contribution in [1.29, 1.82) is 0 Å². The summed E-state index contributed by atoms with van der Waals surface area (Å²) in [5, 5.41) is 2.81. The lowest BCUT2D eigenvalue weighted by molar-refractivity contribution is 0.227. The maximum absolute atomic E-state index is 10.7. The molecule has 2 aliphatic rings. The van der Waals surface area contributed by atoms with Crippen LogP contribution in [0.25, 0.3) is 0 Å². The first-order chi connectivity index (χ1) is 6.16. The molecule has 2 saturated carbocycles. The molecule has 13 heavy (non-hydrogen) atoms. The highest BCUT2D eigenvalue weighted by atomic mass is 16.2. The van der Waals surface area contributed by atoms with Gasteiger partial charge in [-0.1, -0.05) is 6.42 Å². The topological polar surface area (TPSA) is 55.1 Å². The zero-order valence-corrected chi connectivity index (χ0v) is 8.12. The molecule has 0 aromatic rings. The molecule has 2 fully saturated rings. The molecule has 3 N–H and O–H groups in total. The maximum atomic E-state index is 10.7. The van der Waals surface area contributed by atoms with Crippen LogP contribution >= 0.6 is 0 Å². The molecule has 0 radical (unpaired) electrons. The molecule has 0 spiro atoms. The SMILES string of the molecule is C[C@H](NC(N)=O)[C@H]1C[C@@H]2CC[C@@H]1C2. The van der Waals surface area contributed by atoms with E-state index in [1.54, 1.807) is 0 Å². The third kappa shape index (κ3) is 1.64. The van der Waals surface area contributed by atoms with Gasteiger partial charge >= 0.3 is 6.03 Å². The number of fused-ring (bicyclic) bond motifs is 2. The Hall–Kier alpha value is -0.730. The highest BCUT2D eigenvalue weighted by Gasteiger charge is 2.41. The van der Waals surface area contributed by atoms with Gasteiger partial charge in [-0.25, -0.2) is 4.79 Å². The van der Waals surface area contributed by atoms with E-state index in [-0.39, 0.29) is 12.1 Å². The summed E-state index contributed by atoms with van der Waals surface area (Å²) in [6.45, 7) is 2.08. The number of carbonyl (C=O) groups is 1. The van der Waals surface area contributed by atoms with Crippen LogP contribution in [0.15, 0.2) is 0 Å². The third-order valence-electron chi connectivity index (χ3n) is 3.80. The molecule has 0 aromatic heterocycles. The Kier molecular flexibility index (Phi) is 2.18. The monoisotopic (exact) mass is 182 g/mol. The first-order valence-electron chi connectivity index (χ1n) is 5.22. The average molecular weight is 182 g/mol. The van der Waals surface area contributed by atoms with Crippen LogP contribution in [0.4, 0.5) is 4.79 Å². The van der Waals surface area contributed by atoms with Crippen molar-refractivity contribution in [3.63, 3.8) is 0 Å². The molecule has 2 rings (SSSR count). The van der Waals surface area contributed by atoms with E-state index in [0.717, 1.165) is 11.8 Å². The lowest BCUT2D eigenvalue weighted by Crippen LogP contribution is -2.42. The Bertz CT molecular complexity index is 217. The number of rotatable bonds is 2. The Morgan fingerprint density at radius 2 is 2.23 bits per heavy atom. The van der Waals surface area contributed by atoms with E-state index in [0.29, 0.717) is 5.92 Å². The number of hydrogen-bond donors (Lipinski definition) is 2. The van der Waals surface area contributed by atoms with Gasteiger partial charge in [0.1, 0.15) is 0 Å². The lowest BCUT2D eigenvalue weighted by atomic mass is 9.84. The zero-order chi connectivity index (χ0) is 9.42. The molecule has 3 nitrogen and oxygen atoms in total. The number of primary amides is 1. The second-order valence-electron chi connectivity index (χ2n) is 4.64. The highest BCUT2D eigenvalue weighted by molar-refractivity contribution is 5.71. The Labute approximate surface area is 79.1 Å². The summed E-state index contributed by atoms with van der Waals surface area (Å²) in [6, 6.07) is -0.108. The second kappa shape index (κ2) is 3.20. The fourth-order valence-corrected chi connectivity index (χ4v) is 3.24. The summed E-state index contributed by atoms with van der Waals surface area (Å²) in [7, 11) is 0. The van der Waals surface area contributed by atoms with Gasteiger partial charge in [-0.15, -0.1) is 0 Å². The van der Waals surface area contributed by atoms with Crippen LogP contribution in [0.1, 0.15) is 32.6 Å². The number of hydrogen-bond acceptors (Lipinski definition) is 1. The van der Waals surface area contributed by atoms with Gasteiger partial charge in [0, 0.05) is 6.04 Å².